The van der Waals surface area contributed by atoms with Crippen LogP contribution in [0, 0.1) is 11.2 Å². The molecular weight excluding hydrogens is 293 g/mol. The number of methoxy groups -OCH3 is 1. The highest BCUT2D eigenvalue weighted by molar-refractivity contribution is 6.30. The van der Waals surface area contributed by atoms with E-state index in [1.54, 1.807) is 19.2 Å². The summed E-state index contributed by atoms with van der Waals surface area (Å²) in [5.74, 6) is -0.193. The van der Waals surface area contributed by atoms with Crippen molar-refractivity contribution in [3.63, 3.8) is 0 Å². The highest BCUT2D eigenvalue weighted by Crippen LogP contribution is 2.33. The number of nitrogens with one attached hydrogen (secondary N) is 1. The van der Waals surface area contributed by atoms with E-state index in [1.165, 1.54) is 6.07 Å². The van der Waals surface area contributed by atoms with Gasteiger partial charge in [0.15, 0.2) is 0 Å². The molecule has 1 aliphatic heterocycles. The zero-order valence-electron chi connectivity index (χ0n) is 12.5. The average Bonchev–Trinajstić information content (AvgIpc) is 2.49. The topological polar surface area (TPSA) is 30.5 Å². The van der Waals surface area contributed by atoms with E-state index in [4.69, 9.17) is 21.1 Å². The lowest BCUT2D eigenvalue weighted by Crippen LogP contribution is -2.43. The first kappa shape index (κ1) is 16.7. The molecule has 21 heavy (non-hydrogen) atoms. The fourth-order valence-corrected chi connectivity index (χ4v) is 3.06. The van der Waals surface area contributed by atoms with Gasteiger partial charge in [-0.05, 0) is 43.0 Å². The van der Waals surface area contributed by atoms with Crippen LogP contribution in [0.3, 0.4) is 0 Å². The molecule has 0 aromatic heterocycles. The van der Waals surface area contributed by atoms with Crippen molar-refractivity contribution in [3.05, 3.63) is 34.6 Å². The molecule has 0 spiro atoms. The van der Waals surface area contributed by atoms with Gasteiger partial charge in [0.2, 0.25) is 0 Å². The SMILES string of the molecule is COCCNCC1(Cc2cc(Cl)ccc2F)CCCOC1. The van der Waals surface area contributed by atoms with E-state index < -0.39 is 0 Å². The van der Waals surface area contributed by atoms with E-state index in [0.29, 0.717) is 30.2 Å². The molecule has 1 fully saturated rings. The fourth-order valence-electron chi connectivity index (χ4n) is 2.86. The number of hydrogen-bond donors (Lipinski definition) is 1. The number of benzene rings is 1. The van der Waals surface area contributed by atoms with Crippen molar-refractivity contribution in [2.45, 2.75) is 19.3 Å². The third kappa shape index (κ3) is 4.92. The van der Waals surface area contributed by atoms with Gasteiger partial charge in [-0.3, -0.25) is 0 Å². The van der Waals surface area contributed by atoms with Crippen LogP contribution in [0.15, 0.2) is 18.2 Å². The number of ether oxygens (including phenoxy) is 2. The summed E-state index contributed by atoms with van der Waals surface area (Å²) < 4.78 is 24.7. The second-order valence-electron chi connectivity index (χ2n) is 5.74. The van der Waals surface area contributed by atoms with Gasteiger partial charge in [0, 0.05) is 37.2 Å². The zero-order chi connectivity index (χ0) is 15.1. The molecule has 0 aliphatic carbocycles. The fraction of sp³-hybridized carbons (Fsp3) is 0.625. The van der Waals surface area contributed by atoms with Gasteiger partial charge >= 0.3 is 0 Å². The highest BCUT2D eigenvalue weighted by atomic mass is 35.5. The third-order valence-electron chi connectivity index (χ3n) is 3.96. The molecule has 0 saturated carbocycles. The van der Waals surface area contributed by atoms with E-state index in [9.17, 15) is 4.39 Å². The number of halogens is 2. The minimum atomic E-state index is -0.193. The first-order valence-corrected chi connectivity index (χ1v) is 7.74. The van der Waals surface area contributed by atoms with Crippen LogP contribution in [-0.2, 0) is 15.9 Å². The quantitative estimate of drug-likeness (QED) is 0.785. The van der Waals surface area contributed by atoms with Crippen molar-refractivity contribution in [2.24, 2.45) is 5.41 Å². The molecule has 1 unspecified atom stereocenters. The number of hydrogen-bond acceptors (Lipinski definition) is 3. The molecule has 5 heteroatoms. The molecule has 1 atom stereocenters. The molecule has 3 nitrogen and oxygen atoms in total. The van der Waals surface area contributed by atoms with Crippen LogP contribution in [0.1, 0.15) is 18.4 Å². The minimum absolute atomic E-state index is 0.0719. The summed E-state index contributed by atoms with van der Waals surface area (Å²) in [6.45, 7) is 3.69. The molecular formula is C16H23ClFNO2. The largest absolute Gasteiger partial charge is 0.383 e. The van der Waals surface area contributed by atoms with Crippen LogP contribution in [0.2, 0.25) is 5.02 Å². The van der Waals surface area contributed by atoms with E-state index in [-0.39, 0.29) is 11.2 Å². The molecule has 2 rings (SSSR count). The number of rotatable bonds is 7. The highest BCUT2D eigenvalue weighted by Gasteiger charge is 2.33. The van der Waals surface area contributed by atoms with Gasteiger partial charge in [0.25, 0.3) is 0 Å². The Kier molecular flexibility index (Phi) is 6.42. The maximum Gasteiger partial charge on any atom is 0.126 e. The Balaban J connectivity index is 2.06. The summed E-state index contributed by atoms with van der Waals surface area (Å²) in [5.41, 5.74) is 0.596. The van der Waals surface area contributed by atoms with E-state index in [2.05, 4.69) is 5.32 Å². The predicted molar refractivity (Wildman–Crippen MR) is 82.3 cm³/mol. The van der Waals surface area contributed by atoms with Crippen molar-refractivity contribution in [1.29, 1.82) is 0 Å². The van der Waals surface area contributed by atoms with E-state index in [0.717, 1.165) is 32.5 Å². The lowest BCUT2D eigenvalue weighted by atomic mass is 9.77. The predicted octanol–water partition coefficient (Wildman–Crippen LogP) is 3.05. The summed E-state index contributed by atoms with van der Waals surface area (Å²) in [5, 5.41) is 3.97. The van der Waals surface area contributed by atoms with Crippen LogP contribution in [-0.4, -0.2) is 40.0 Å². The van der Waals surface area contributed by atoms with Gasteiger partial charge in [-0.2, -0.15) is 0 Å². The average molecular weight is 316 g/mol. The van der Waals surface area contributed by atoms with Gasteiger partial charge in [0.1, 0.15) is 5.82 Å². The van der Waals surface area contributed by atoms with Gasteiger partial charge in [-0.1, -0.05) is 11.6 Å². The summed E-state index contributed by atoms with van der Waals surface area (Å²) in [6, 6.07) is 4.75. The van der Waals surface area contributed by atoms with Crippen molar-refractivity contribution in [2.75, 3.05) is 40.0 Å². The van der Waals surface area contributed by atoms with Gasteiger partial charge in [0.05, 0.1) is 13.2 Å². The van der Waals surface area contributed by atoms with Gasteiger partial charge in [-0.15, -0.1) is 0 Å². The smallest absolute Gasteiger partial charge is 0.126 e. The maximum atomic E-state index is 14.0. The van der Waals surface area contributed by atoms with Gasteiger partial charge < -0.3 is 14.8 Å². The summed E-state index contributed by atoms with van der Waals surface area (Å²) >= 11 is 6.00. The standard InChI is InChI=1S/C16H23ClFNO2/c1-20-8-6-19-11-16(5-2-7-21-12-16)10-13-9-14(17)3-4-15(13)18/h3-4,9,19H,2,5-8,10-12H2,1H3. The van der Waals surface area contributed by atoms with Crippen molar-refractivity contribution < 1.29 is 13.9 Å². The summed E-state index contributed by atoms with van der Waals surface area (Å²) in [6.07, 6.45) is 2.67. The molecule has 1 aliphatic rings. The monoisotopic (exact) mass is 315 g/mol. The Morgan fingerprint density at radius 2 is 2.33 bits per heavy atom. The van der Waals surface area contributed by atoms with E-state index >= 15 is 0 Å². The normalized spacial score (nSPS) is 22.4. The Morgan fingerprint density at radius 3 is 3.05 bits per heavy atom. The first-order chi connectivity index (χ1) is 10.2. The second kappa shape index (κ2) is 8.08. The lowest BCUT2D eigenvalue weighted by molar-refractivity contribution is -0.00807. The van der Waals surface area contributed by atoms with Crippen molar-refractivity contribution >= 4 is 11.6 Å². The van der Waals surface area contributed by atoms with Crippen LogP contribution < -0.4 is 5.32 Å². The molecule has 1 heterocycles. The molecule has 0 radical (unpaired) electrons. The first-order valence-electron chi connectivity index (χ1n) is 7.37. The molecule has 118 valence electrons. The minimum Gasteiger partial charge on any atom is -0.383 e. The van der Waals surface area contributed by atoms with Crippen LogP contribution in [0.4, 0.5) is 4.39 Å². The molecule has 1 aromatic carbocycles. The molecule has 0 amide bonds. The van der Waals surface area contributed by atoms with Crippen LogP contribution in [0.25, 0.3) is 0 Å². The Hall–Kier alpha value is -0.680. The molecule has 0 bridgehead atoms. The van der Waals surface area contributed by atoms with Crippen LogP contribution in [0.5, 0.6) is 0 Å². The molecule has 1 N–H and O–H groups in total. The van der Waals surface area contributed by atoms with Crippen LogP contribution >= 0.6 is 11.6 Å². The Bertz CT molecular complexity index is 450. The van der Waals surface area contributed by atoms with Gasteiger partial charge in [-0.25, -0.2) is 4.39 Å². The third-order valence-corrected chi connectivity index (χ3v) is 4.20. The summed E-state index contributed by atoms with van der Waals surface area (Å²) in [7, 11) is 1.68. The maximum absolute atomic E-state index is 14.0. The summed E-state index contributed by atoms with van der Waals surface area (Å²) in [4.78, 5) is 0. The second-order valence-corrected chi connectivity index (χ2v) is 6.17. The lowest BCUT2D eigenvalue weighted by Gasteiger charge is -2.37. The Morgan fingerprint density at radius 1 is 1.48 bits per heavy atom. The molecule has 1 aromatic rings. The van der Waals surface area contributed by atoms with Crippen molar-refractivity contribution in [1.82, 2.24) is 5.32 Å². The molecule has 1 saturated heterocycles. The van der Waals surface area contributed by atoms with E-state index in [1.807, 2.05) is 0 Å². The zero-order valence-corrected chi connectivity index (χ0v) is 13.2. The Labute approximate surface area is 130 Å². The van der Waals surface area contributed by atoms with Crippen molar-refractivity contribution in [3.8, 4) is 0 Å².